The van der Waals surface area contributed by atoms with Crippen LogP contribution in [0, 0.1) is 6.92 Å². The predicted molar refractivity (Wildman–Crippen MR) is 155 cm³/mol. The minimum atomic E-state index is -0.467. The fraction of sp³-hybridized carbons (Fsp3) is 0.226. The molecule has 3 aromatic carbocycles. The van der Waals surface area contributed by atoms with Gasteiger partial charge in [-0.2, -0.15) is 0 Å². The lowest BCUT2D eigenvalue weighted by molar-refractivity contribution is 0.268. The summed E-state index contributed by atoms with van der Waals surface area (Å²) in [5.41, 5.74) is 6.82. The first kappa shape index (κ1) is 32.8. The standard InChI is InChI=1S/C19H22N2O.C7H8O3.C3H6.C2H6/c1-15(2)16(3)21(20-4)14-17-10-12-19(13-11-17)22-18-8-6-5-7-9-18;1-4-2-5(8)7(10)6(9)3-4;1-3-2;1-2/h5-13,20H,1,3,14H2,2,4H3;2-3,8-10H,1H3;3H,1H2,2H3;1-2H3. The number of rotatable bonds is 7. The third-order valence-corrected chi connectivity index (χ3v) is 4.55. The van der Waals surface area contributed by atoms with Gasteiger partial charge in [0, 0.05) is 12.7 Å². The van der Waals surface area contributed by atoms with Gasteiger partial charge in [-0.15, -0.1) is 6.58 Å². The van der Waals surface area contributed by atoms with Gasteiger partial charge in [-0.05, 0) is 73.9 Å². The van der Waals surface area contributed by atoms with Crippen molar-refractivity contribution < 1.29 is 20.1 Å². The fourth-order valence-electron chi connectivity index (χ4n) is 2.75. The van der Waals surface area contributed by atoms with Gasteiger partial charge in [0.15, 0.2) is 17.2 Å². The third-order valence-electron chi connectivity index (χ3n) is 4.55. The molecular weight excluding hydrogens is 464 g/mol. The van der Waals surface area contributed by atoms with E-state index in [-0.39, 0.29) is 11.5 Å². The monoisotopic (exact) mass is 506 g/mol. The zero-order valence-corrected chi connectivity index (χ0v) is 23.0. The van der Waals surface area contributed by atoms with Crippen molar-refractivity contribution in [3.63, 3.8) is 0 Å². The number of aromatic hydroxyl groups is 3. The van der Waals surface area contributed by atoms with Gasteiger partial charge in [-0.3, -0.25) is 0 Å². The Labute approximate surface area is 222 Å². The zero-order chi connectivity index (χ0) is 28.4. The number of hydrazine groups is 1. The summed E-state index contributed by atoms with van der Waals surface area (Å²) < 4.78 is 5.79. The number of nitrogens with one attached hydrogen (secondary N) is 1. The summed E-state index contributed by atoms with van der Waals surface area (Å²) in [6, 6.07) is 20.5. The van der Waals surface area contributed by atoms with Gasteiger partial charge in [0.05, 0.1) is 6.54 Å². The van der Waals surface area contributed by atoms with Gasteiger partial charge in [0.25, 0.3) is 0 Å². The number of phenols is 3. The largest absolute Gasteiger partial charge is 0.504 e. The van der Waals surface area contributed by atoms with Crippen molar-refractivity contribution >= 4 is 0 Å². The lowest BCUT2D eigenvalue weighted by atomic mass is 10.2. The van der Waals surface area contributed by atoms with Gasteiger partial charge in [0.2, 0.25) is 0 Å². The second kappa shape index (κ2) is 18.2. The van der Waals surface area contributed by atoms with Crippen LogP contribution >= 0.6 is 0 Å². The molecule has 0 fully saturated rings. The van der Waals surface area contributed by atoms with E-state index in [0.29, 0.717) is 12.1 Å². The van der Waals surface area contributed by atoms with E-state index in [4.69, 9.17) is 20.1 Å². The number of nitrogens with zero attached hydrogens (tertiary/aromatic N) is 1. The average Bonchev–Trinajstić information content (AvgIpc) is 2.89. The summed E-state index contributed by atoms with van der Waals surface area (Å²) in [5.74, 6) is 0.605. The third kappa shape index (κ3) is 12.4. The Bertz CT molecular complexity index is 1070. The van der Waals surface area contributed by atoms with E-state index in [2.05, 4.69) is 25.2 Å². The molecule has 0 radical (unpaired) electrons. The molecule has 0 bridgehead atoms. The second-order valence-corrected chi connectivity index (χ2v) is 7.66. The topological polar surface area (TPSA) is 85.2 Å². The molecule has 6 nitrogen and oxygen atoms in total. The maximum absolute atomic E-state index is 8.87. The highest BCUT2D eigenvalue weighted by Crippen LogP contribution is 2.34. The molecular formula is C31H42N2O4. The van der Waals surface area contributed by atoms with E-state index in [1.54, 1.807) is 13.0 Å². The molecule has 37 heavy (non-hydrogen) atoms. The lowest BCUT2D eigenvalue weighted by Crippen LogP contribution is -2.33. The van der Waals surface area contributed by atoms with Crippen molar-refractivity contribution in [2.24, 2.45) is 0 Å². The normalized spacial score (nSPS) is 9.14. The van der Waals surface area contributed by atoms with Gasteiger partial charge in [-0.25, -0.2) is 5.43 Å². The summed E-state index contributed by atoms with van der Waals surface area (Å²) in [6.45, 7) is 21.6. The van der Waals surface area contributed by atoms with Crippen LogP contribution in [-0.4, -0.2) is 27.4 Å². The second-order valence-electron chi connectivity index (χ2n) is 7.66. The molecule has 0 unspecified atom stereocenters. The maximum Gasteiger partial charge on any atom is 0.200 e. The van der Waals surface area contributed by atoms with E-state index >= 15 is 0 Å². The van der Waals surface area contributed by atoms with Gasteiger partial charge < -0.3 is 25.1 Å². The van der Waals surface area contributed by atoms with Gasteiger partial charge in [-0.1, -0.05) is 63.4 Å². The van der Waals surface area contributed by atoms with E-state index in [9.17, 15) is 0 Å². The number of phenolic OH excluding ortho intramolecular Hbond substituents is 3. The van der Waals surface area contributed by atoms with E-state index in [1.807, 2.05) is 94.3 Å². The molecule has 0 aliphatic heterocycles. The summed E-state index contributed by atoms with van der Waals surface area (Å²) in [7, 11) is 1.88. The Balaban J connectivity index is 0.000000717. The Hall–Kier alpha value is -4.16. The number of aryl methyl sites for hydroxylation is 1. The van der Waals surface area contributed by atoms with Crippen molar-refractivity contribution in [2.45, 2.75) is 41.2 Å². The summed E-state index contributed by atoms with van der Waals surface area (Å²) in [6.07, 6.45) is 1.75. The smallest absolute Gasteiger partial charge is 0.200 e. The molecule has 0 aliphatic rings. The van der Waals surface area contributed by atoms with Crippen LogP contribution in [0.25, 0.3) is 0 Å². The van der Waals surface area contributed by atoms with Crippen LogP contribution in [0.15, 0.2) is 104 Å². The number of hydrogen-bond donors (Lipinski definition) is 4. The number of ether oxygens (including phenoxy) is 1. The number of benzene rings is 3. The van der Waals surface area contributed by atoms with E-state index < -0.39 is 5.75 Å². The van der Waals surface area contributed by atoms with Crippen LogP contribution in [0.3, 0.4) is 0 Å². The van der Waals surface area contributed by atoms with Crippen LogP contribution < -0.4 is 10.2 Å². The van der Waals surface area contributed by atoms with Gasteiger partial charge in [0.1, 0.15) is 11.5 Å². The number of allylic oxidation sites excluding steroid dienone is 2. The van der Waals surface area contributed by atoms with Crippen molar-refractivity contribution in [2.75, 3.05) is 7.05 Å². The Morgan fingerprint density at radius 2 is 1.38 bits per heavy atom. The van der Waals surface area contributed by atoms with Crippen LogP contribution in [0.2, 0.25) is 0 Å². The molecule has 0 spiro atoms. The lowest BCUT2D eigenvalue weighted by Gasteiger charge is -2.25. The Morgan fingerprint density at radius 3 is 1.81 bits per heavy atom. The molecule has 4 N–H and O–H groups in total. The minimum Gasteiger partial charge on any atom is -0.504 e. The van der Waals surface area contributed by atoms with Crippen molar-refractivity contribution in [3.8, 4) is 28.7 Å². The average molecular weight is 507 g/mol. The predicted octanol–water partition coefficient (Wildman–Crippen LogP) is 7.84. The van der Waals surface area contributed by atoms with Gasteiger partial charge >= 0.3 is 0 Å². The molecule has 0 aliphatic carbocycles. The highest BCUT2D eigenvalue weighted by atomic mass is 16.5. The first-order chi connectivity index (χ1) is 17.6. The molecule has 0 amide bonds. The summed E-state index contributed by atoms with van der Waals surface area (Å²) in [5, 5.41) is 28.5. The van der Waals surface area contributed by atoms with Crippen LogP contribution in [0.4, 0.5) is 0 Å². The van der Waals surface area contributed by atoms with Crippen LogP contribution in [-0.2, 0) is 6.54 Å². The van der Waals surface area contributed by atoms with Crippen molar-refractivity contribution in [1.82, 2.24) is 10.4 Å². The van der Waals surface area contributed by atoms with Crippen LogP contribution in [0.5, 0.6) is 28.7 Å². The first-order valence-electron chi connectivity index (χ1n) is 12.0. The SMILES string of the molecule is C=C(C)C(=C)N(Cc1ccc(Oc2ccccc2)cc1)NC.C=CC.CC.Cc1cc(O)c(O)c(O)c1. The highest BCUT2D eigenvalue weighted by molar-refractivity contribution is 5.50. The summed E-state index contributed by atoms with van der Waals surface area (Å²) >= 11 is 0. The molecule has 3 rings (SSSR count). The molecule has 6 heteroatoms. The molecule has 0 saturated heterocycles. The Kier molecular flexibility index (Phi) is 16.1. The number of hydrogen-bond acceptors (Lipinski definition) is 6. The molecule has 200 valence electrons. The first-order valence-corrected chi connectivity index (χ1v) is 12.0. The number of para-hydroxylation sites is 1. The quantitative estimate of drug-likeness (QED) is 0.113. The summed E-state index contributed by atoms with van der Waals surface area (Å²) in [4.78, 5) is 0. The van der Waals surface area contributed by atoms with Crippen molar-refractivity contribution in [1.29, 1.82) is 0 Å². The molecule has 0 aromatic heterocycles. The van der Waals surface area contributed by atoms with Crippen molar-refractivity contribution in [3.05, 3.63) is 115 Å². The fourth-order valence-corrected chi connectivity index (χ4v) is 2.75. The molecule has 0 saturated carbocycles. The maximum atomic E-state index is 8.87. The molecule has 0 atom stereocenters. The molecule has 3 aromatic rings. The van der Waals surface area contributed by atoms with E-state index in [0.717, 1.165) is 28.3 Å². The molecule has 0 heterocycles. The zero-order valence-electron chi connectivity index (χ0n) is 23.0. The Morgan fingerprint density at radius 1 is 0.919 bits per heavy atom. The van der Waals surface area contributed by atoms with Crippen LogP contribution in [0.1, 0.15) is 38.8 Å². The van der Waals surface area contributed by atoms with E-state index in [1.165, 1.54) is 12.1 Å². The minimum absolute atomic E-state index is 0.294. The highest BCUT2D eigenvalue weighted by Gasteiger charge is 2.07.